The van der Waals surface area contributed by atoms with E-state index in [0.717, 1.165) is 6.92 Å². The molecule has 0 aromatic heterocycles. The van der Waals surface area contributed by atoms with Gasteiger partial charge >= 0.3 is 0 Å². The molecule has 0 atom stereocenters. The van der Waals surface area contributed by atoms with Crippen molar-refractivity contribution in [2.24, 2.45) is 0 Å². The van der Waals surface area contributed by atoms with Crippen molar-refractivity contribution < 1.29 is 17.6 Å². The van der Waals surface area contributed by atoms with Gasteiger partial charge in [-0.15, -0.1) is 0 Å². The molecule has 0 spiro atoms. The molecule has 68 valence electrons. The first-order chi connectivity index (χ1) is 5.37. The highest BCUT2D eigenvalue weighted by atomic mass is 79.9. The van der Waals surface area contributed by atoms with Crippen molar-refractivity contribution in [3.8, 4) is 0 Å². The second-order valence-corrected chi connectivity index (χ2v) is 2.67. The molecule has 0 aliphatic heterocycles. The van der Waals surface area contributed by atoms with E-state index in [9.17, 15) is 17.6 Å². The van der Waals surface area contributed by atoms with Crippen LogP contribution in [0.4, 0.5) is 17.6 Å². The van der Waals surface area contributed by atoms with Gasteiger partial charge in [-0.25, -0.2) is 17.6 Å². The molecular weight excluding hydrogens is 240 g/mol. The SMILES string of the molecule is C=C(F)/C(F)=C(Br)\C(F)=C(/C)F. The minimum absolute atomic E-state index is 0.783. The first kappa shape index (κ1) is 11.4. The molecule has 0 radical (unpaired) electrons. The molecule has 0 saturated carbocycles. The molecule has 0 aromatic rings. The van der Waals surface area contributed by atoms with E-state index in [0.29, 0.717) is 0 Å². The van der Waals surface area contributed by atoms with Crippen LogP contribution in [0.1, 0.15) is 6.92 Å². The fraction of sp³-hybridized carbons (Fsp3) is 0.143. The summed E-state index contributed by atoms with van der Waals surface area (Å²) < 4.78 is 48.1. The summed E-state index contributed by atoms with van der Waals surface area (Å²) in [5, 5.41) is 0. The largest absolute Gasteiger partial charge is 0.209 e. The zero-order valence-electron chi connectivity index (χ0n) is 6.10. The van der Waals surface area contributed by atoms with Gasteiger partial charge in [0, 0.05) is 0 Å². The van der Waals surface area contributed by atoms with Crippen LogP contribution < -0.4 is 0 Å². The lowest BCUT2D eigenvalue weighted by Crippen LogP contribution is -1.83. The van der Waals surface area contributed by atoms with Gasteiger partial charge in [0.2, 0.25) is 0 Å². The van der Waals surface area contributed by atoms with Crippen LogP contribution in [0, 0.1) is 0 Å². The Morgan fingerprint density at radius 1 is 1.08 bits per heavy atom. The molecule has 0 amide bonds. The Kier molecular flexibility index (Phi) is 4.23. The molecule has 0 saturated heterocycles. The Morgan fingerprint density at radius 3 is 1.75 bits per heavy atom. The molecule has 0 fully saturated rings. The predicted octanol–water partition coefficient (Wildman–Crippen LogP) is 4.22. The van der Waals surface area contributed by atoms with E-state index in [2.05, 4.69) is 22.5 Å². The third kappa shape index (κ3) is 2.81. The Hall–Kier alpha value is -0.580. The normalized spacial score (nSPS) is 15.2. The van der Waals surface area contributed by atoms with E-state index in [1.807, 2.05) is 0 Å². The minimum atomic E-state index is -1.55. The summed E-state index contributed by atoms with van der Waals surface area (Å²) in [4.78, 5) is 0. The van der Waals surface area contributed by atoms with E-state index < -0.39 is 27.8 Å². The number of rotatable bonds is 2. The molecule has 5 heteroatoms. The van der Waals surface area contributed by atoms with Gasteiger partial charge in [-0.3, -0.25) is 0 Å². The first-order valence-electron chi connectivity index (χ1n) is 2.80. The fourth-order valence-electron chi connectivity index (χ4n) is 0.367. The van der Waals surface area contributed by atoms with E-state index in [4.69, 9.17) is 0 Å². The van der Waals surface area contributed by atoms with Gasteiger partial charge < -0.3 is 0 Å². The van der Waals surface area contributed by atoms with Gasteiger partial charge in [0.1, 0.15) is 5.83 Å². The molecule has 0 aromatic carbocycles. The predicted molar refractivity (Wildman–Crippen MR) is 42.2 cm³/mol. The maximum atomic E-state index is 12.5. The van der Waals surface area contributed by atoms with Gasteiger partial charge in [-0.1, -0.05) is 6.58 Å². The van der Waals surface area contributed by atoms with Crippen LogP contribution in [0.3, 0.4) is 0 Å². The van der Waals surface area contributed by atoms with Gasteiger partial charge in [-0.2, -0.15) is 0 Å². The van der Waals surface area contributed by atoms with E-state index in [1.165, 1.54) is 0 Å². The van der Waals surface area contributed by atoms with Gasteiger partial charge in [0.25, 0.3) is 0 Å². The molecule has 0 bridgehead atoms. The Balaban J connectivity index is 5.06. The van der Waals surface area contributed by atoms with Crippen molar-refractivity contribution in [3.05, 3.63) is 34.4 Å². The van der Waals surface area contributed by atoms with Crippen LogP contribution >= 0.6 is 15.9 Å². The Morgan fingerprint density at radius 2 is 1.50 bits per heavy atom. The molecular formula is C7H5BrF4. The number of halogens is 5. The van der Waals surface area contributed by atoms with E-state index in [1.54, 1.807) is 0 Å². The Bertz CT molecular complexity index is 261. The lowest BCUT2D eigenvalue weighted by atomic mass is 10.3. The topological polar surface area (TPSA) is 0 Å². The van der Waals surface area contributed by atoms with Crippen molar-refractivity contribution in [2.75, 3.05) is 0 Å². The Labute approximate surface area is 75.4 Å². The van der Waals surface area contributed by atoms with E-state index >= 15 is 0 Å². The lowest BCUT2D eigenvalue weighted by molar-refractivity contribution is 0.523. The van der Waals surface area contributed by atoms with Crippen LogP contribution in [0.15, 0.2) is 34.4 Å². The average Bonchev–Trinajstić information content (AvgIpc) is 2.00. The van der Waals surface area contributed by atoms with Crippen molar-refractivity contribution >= 4 is 15.9 Å². The highest BCUT2D eigenvalue weighted by molar-refractivity contribution is 9.12. The van der Waals surface area contributed by atoms with Crippen molar-refractivity contribution in [1.29, 1.82) is 0 Å². The first-order valence-corrected chi connectivity index (χ1v) is 3.59. The summed E-state index contributed by atoms with van der Waals surface area (Å²) in [6, 6.07) is 0. The number of allylic oxidation sites excluding steroid dienone is 5. The smallest absolute Gasteiger partial charge is 0.175 e. The monoisotopic (exact) mass is 244 g/mol. The second kappa shape index (κ2) is 4.45. The quantitative estimate of drug-likeness (QED) is 0.504. The minimum Gasteiger partial charge on any atom is -0.209 e. The van der Waals surface area contributed by atoms with E-state index in [-0.39, 0.29) is 0 Å². The fourth-order valence-corrected chi connectivity index (χ4v) is 0.855. The van der Waals surface area contributed by atoms with Gasteiger partial charge in [-0.05, 0) is 22.9 Å². The zero-order valence-corrected chi connectivity index (χ0v) is 7.68. The molecule has 0 aliphatic rings. The van der Waals surface area contributed by atoms with Crippen LogP contribution in [0.5, 0.6) is 0 Å². The highest BCUT2D eigenvalue weighted by Crippen LogP contribution is 2.30. The van der Waals surface area contributed by atoms with Crippen LogP contribution in [0.2, 0.25) is 0 Å². The molecule has 0 heterocycles. The number of hydrogen-bond acceptors (Lipinski definition) is 0. The zero-order chi connectivity index (χ0) is 9.89. The summed E-state index contributed by atoms with van der Waals surface area (Å²) in [5.41, 5.74) is 0. The summed E-state index contributed by atoms with van der Waals surface area (Å²) in [6.07, 6.45) is 0. The molecule has 0 unspecified atom stereocenters. The number of hydrogen-bond donors (Lipinski definition) is 0. The second-order valence-electron chi connectivity index (χ2n) is 1.88. The third-order valence-corrected chi connectivity index (χ3v) is 1.62. The summed E-state index contributed by atoms with van der Waals surface area (Å²) >= 11 is 2.34. The molecule has 0 nitrogen and oxygen atoms in total. The van der Waals surface area contributed by atoms with Gasteiger partial charge in [0.05, 0.1) is 4.48 Å². The maximum Gasteiger partial charge on any atom is 0.175 e. The van der Waals surface area contributed by atoms with Crippen molar-refractivity contribution in [3.63, 3.8) is 0 Å². The van der Waals surface area contributed by atoms with Crippen LogP contribution in [-0.4, -0.2) is 0 Å². The highest BCUT2D eigenvalue weighted by Gasteiger charge is 2.14. The molecule has 0 rings (SSSR count). The maximum absolute atomic E-state index is 12.5. The summed E-state index contributed by atoms with van der Waals surface area (Å²) in [7, 11) is 0. The molecule has 0 N–H and O–H groups in total. The lowest BCUT2D eigenvalue weighted by Gasteiger charge is -1.97. The summed E-state index contributed by atoms with van der Waals surface area (Å²) in [5.74, 6) is -5.73. The molecule has 0 aliphatic carbocycles. The summed E-state index contributed by atoms with van der Waals surface area (Å²) in [6.45, 7) is 3.36. The van der Waals surface area contributed by atoms with Crippen LogP contribution in [-0.2, 0) is 0 Å². The standard InChI is InChI=1S/C7H5BrF4/c1-3(9)6(11)5(8)7(12)4(2)10/h1H2,2H3/b6-5-,7-4-. The van der Waals surface area contributed by atoms with Crippen molar-refractivity contribution in [2.45, 2.75) is 6.92 Å². The third-order valence-electron chi connectivity index (χ3n) is 0.926. The van der Waals surface area contributed by atoms with Crippen LogP contribution in [0.25, 0.3) is 0 Å². The van der Waals surface area contributed by atoms with Gasteiger partial charge in [0.15, 0.2) is 17.5 Å². The van der Waals surface area contributed by atoms with Crippen molar-refractivity contribution in [1.82, 2.24) is 0 Å². The molecule has 12 heavy (non-hydrogen) atoms. The average molecular weight is 245 g/mol.